The molecule has 2 saturated carbocycles. The fraction of sp³-hybridized carbons (Fsp3) is 0.654. The Morgan fingerprint density at radius 2 is 1.73 bits per heavy atom. The van der Waals surface area contributed by atoms with Crippen LogP contribution in [0.5, 0.6) is 0 Å². The average molecular weight is 407 g/mol. The number of hydrogen-bond donors (Lipinski definition) is 1. The summed E-state index contributed by atoms with van der Waals surface area (Å²) in [5.41, 5.74) is 2.36. The van der Waals surface area contributed by atoms with Crippen molar-refractivity contribution in [1.29, 1.82) is 0 Å². The summed E-state index contributed by atoms with van der Waals surface area (Å²) < 4.78 is 0. The molecule has 1 amide bonds. The van der Waals surface area contributed by atoms with Gasteiger partial charge in [-0.15, -0.1) is 0 Å². The molecule has 1 aromatic carbocycles. The quantitative estimate of drug-likeness (QED) is 0.783. The predicted molar refractivity (Wildman–Crippen MR) is 118 cm³/mol. The van der Waals surface area contributed by atoms with E-state index in [2.05, 4.69) is 45.9 Å². The maximum atomic E-state index is 13.2. The van der Waals surface area contributed by atoms with E-state index in [9.17, 15) is 9.90 Å². The lowest BCUT2D eigenvalue weighted by Crippen LogP contribution is -2.68. The van der Waals surface area contributed by atoms with Crippen LogP contribution in [0.4, 0.5) is 0 Å². The Kier molecular flexibility index (Phi) is 5.85. The normalized spacial score (nSPS) is 29.9. The number of nitrogens with zero attached hydrogens (tertiary/aromatic N) is 2. The third-order valence-corrected chi connectivity index (χ3v) is 7.68. The van der Waals surface area contributed by atoms with Gasteiger partial charge in [0, 0.05) is 48.5 Å². The van der Waals surface area contributed by atoms with Gasteiger partial charge in [0.2, 0.25) is 5.91 Å². The lowest BCUT2D eigenvalue weighted by molar-refractivity contribution is -0.140. The van der Waals surface area contributed by atoms with Crippen LogP contribution in [-0.4, -0.2) is 59.1 Å². The van der Waals surface area contributed by atoms with Crippen LogP contribution in [0.2, 0.25) is 0 Å². The van der Waals surface area contributed by atoms with Gasteiger partial charge in [0.15, 0.2) is 0 Å². The molecule has 0 unspecified atom stereocenters. The van der Waals surface area contributed by atoms with Crippen LogP contribution in [0.1, 0.15) is 68.4 Å². The lowest BCUT2D eigenvalue weighted by atomic mass is 9.74. The number of benzene rings is 1. The molecule has 3 atom stereocenters. The standard InChI is InChI=1S/C26H34N2O2/c29-18-24-25(21-13-11-20(12-14-21)10-9-19-7-8-19)23-17-27(15-3-4-16-28(23)24)26(30)22-5-1-2-6-22/h11-14,19,22-25,29H,1-8,15-18H2/t23-,24+,25+/m0/s1. The summed E-state index contributed by atoms with van der Waals surface area (Å²) in [6, 6.07) is 9.14. The van der Waals surface area contributed by atoms with Crippen LogP contribution in [-0.2, 0) is 4.79 Å². The van der Waals surface area contributed by atoms with E-state index in [4.69, 9.17) is 0 Å². The highest BCUT2D eigenvalue weighted by molar-refractivity contribution is 5.79. The highest BCUT2D eigenvalue weighted by atomic mass is 16.3. The molecule has 160 valence electrons. The van der Waals surface area contributed by atoms with E-state index in [0.29, 0.717) is 17.9 Å². The topological polar surface area (TPSA) is 43.8 Å². The van der Waals surface area contributed by atoms with Crippen molar-refractivity contribution in [1.82, 2.24) is 9.80 Å². The van der Waals surface area contributed by atoms with E-state index < -0.39 is 0 Å². The molecule has 0 bridgehead atoms. The predicted octanol–water partition coefficient (Wildman–Crippen LogP) is 3.39. The van der Waals surface area contributed by atoms with Gasteiger partial charge in [0.25, 0.3) is 0 Å². The van der Waals surface area contributed by atoms with Gasteiger partial charge in [-0.1, -0.05) is 36.8 Å². The number of carbonyl (C=O) groups excluding carboxylic acids is 1. The molecular weight excluding hydrogens is 372 g/mol. The Labute approximate surface area is 180 Å². The van der Waals surface area contributed by atoms with E-state index in [-0.39, 0.29) is 24.5 Å². The van der Waals surface area contributed by atoms with Gasteiger partial charge >= 0.3 is 0 Å². The van der Waals surface area contributed by atoms with Crippen LogP contribution < -0.4 is 0 Å². The zero-order valence-corrected chi connectivity index (χ0v) is 17.9. The minimum atomic E-state index is 0.167. The molecule has 4 heteroatoms. The van der Waals surface area contributed by atoms with Gasteiger partial charge in [-0.2, -0.15) is 0 Å². The van der Waals surface area contributed by atoms with Crippen molar-refractivity contribution in [3.8, 4) is 11.8 Å². The molecule has 2 saturated heterocycles. The van der Waals surface area contributed by atoms with E-state index in [0.717, 1.165) is 50.9 Å². The number of amides is 1. The molecule has 0 radical (unpaired) electrons. The molecule has 4 aliphatic rings. The molecule has 4 nitrogen and oxygen atoms in total. The van der Waals surface area contributed by atoms with Crippen LogP contribution >= 0.6 is 0 Å². The lowest BCUT2D eigenvalue weighted by Gasteiger charge is -2.57. The van der Waals surface area contributed by atoms with Crippen LogP contribution in [0.15, 0.2) is 24.3 Å². The van der Waals surface area contributed by atoms with Crippen molar-refractivity contribution in [2.75, 3.05) is 26.2 Å². The van der Waals surface area contributed by atoms with Crippen LogP contribution in [0.3, 0.4) is 0 Å². The zero-order chi connectivity index (χ0) is 20.5. The second kappa shape index (κ2) is 8.73. The summed E-state index contributed by atoms with van der Waals surface area (Å²) in [5.74, 6) is 8.16. The van der Waals surface area contributed by atoms with Crippen molar-refractivity contribution in [3.63, 3.8) is 0 Å². The van der Waals surface area contributed by atoms with Crippen LogP contribution in [0, 0.1) is 23.7 Å². The van der Waals surface area contributed by atoms with Crippen molar-refractivity contribution >= 4 is 5.91 Å². The second-order valence-electron chi connectivity index (χ2n) is 9.72. The van der Waals surface area contributed by atoms with Crippen LogP contribution in [0.25, 0.3) is 0 Å². The Balaban J connectivity index is 1.33. The number of carbonyl (C=O) groups is 1. The maximum Gasteiger partial charge on any atom is 0.225 e. The SMILES string of the molecule is O=C(C1CCCC1)N1CCCCN2[C@H](CO)[C@H](c3ccc(C#CC4CC4)cc3)[C@@H]2C1. The Morgan fingerprint density at radius 3 is 2.43 bits per heavy atom. The Hall–Kier alpha value is -1.83. The number of hydrogen-bond acceptors (Lipinski definition) is 3. The summed E-state index contributed by atoms with van der Waals surface area (Å²) >= 11 is 0. The van der Waals surface area contributed by atoms with E-state index in [1.54, 1.807) is 0 Å². The van der Waals surface area contributed by atoms with E-state index in [1.165, 1.54) is 31.2 Å². The maximum absolute atomic E-state index is 13.2. The Morgan fingerprint density at radius 1 is 1.00 bits per heavy atom. The molecule has 2 aliphatic carbocycles. The first kappa shape index (κ1) is 20.1. The molecule has 5 rings (SSSR count). The smallest absolute Gasteiger partial charge is 0.225 e. The molecule has 1 N–H and O–H groups in total. The van der Waals surface area contributed by atoms with Crippen molar-refractivity contribution in [2.24, 2.45) is 11.8 Å². The van der Waals surface area contributed by atoms with E-state index >= 15 is 0 Å². The number of rotatable bonds is 3. The van der Waals surface area contributed by atoms with Gasteiger partial charge in [-0.25, -0.2) is 0 Å². The molecule has 2 heterocycles. The molecule has 2 aliphatic heterocycles. The van der Waals surface area contributed by atoms with Gasteiger partial charge in [-0.05, 0) is 62.8 Å². The highest BCUT2D eigenvalue weighted by Crippen LogP contribution is 2.42. The Bertz CT molecular complexity index is 814. The fourth-order valence-corrected chi connectivity index (χ4v) is 5.77. The average Bonchev–Trinajstić information content (AvgIpc) is 3.42. The molecule has 1 aromatic rings. The number of aliphatic hydroxyl groups is 1. The number of aliphatic hydroxyl groups excluding tert-OH is 1. The summed E-state index contributed by atoms with van der Waals surface area (Å²) in [5, 5.41) is 10.1. The fourth-order valence-electron chi connectivity index (χ4n) is 5.77. The number of fused-ring (bicyclic) bond motifs is 1. The zero-order valence-electron chi connectivity index (χ0n) is 17.9. The first-order valence-corrected chi connectivity index (χ1v) is 12.0. The second-order valence-corrected chi connectivity index (χ2v) is 9.72. The van der Waals surface area contributed by atoms with Gasteiger partial charge in [0.05, 0.1) is 6.61 Å². The summed E-state index contributed by atoms with van der Waals surface area (Å²) in [7, 11) is 0. The summed E-state index contributed by atoms with van der Waals surface area (Å²) in [6.07, 6.45) is 9.20. The minimum absolute atomic E-state index is 0.167. The van der Waals surface area contributed by atoms with Gasteiger partial charge in [-0.3, -0.25) is 9.69 Å². The monoisotopic (exact) mass is 406 g/mol. The third-order valence-electron chi connectivity index (χ3n) is 7.68. The molecule has 0 spiro atoms. The van der Waals surface area contributed by atoms with Crippen molar-refractivity contribution < 1.29 is 9.90 Å². The van der Waals surface area contributed by atoms with Crippen molar-refractivity contribution in [2.45, 2.75) is 69.4 Å². The highest BCUT2D eigenvalue weighted by Gasteiger charge is 2.49. The molecule has 0 aromatic heterocycles. The first-order valence-electron chi connectivity index (χ1n) is 12.0. The first-order chi connectivity index (χ1) is 14.7. The van der Waals surface area contributed by atoms with Gasteiger partial charge < -0.3 is 10.0 Å². The van der Waals surface area contributed by atoms with Gasteiger partial charge in [0.1, 0.15) is 0 Å². The largest absolute Gasteiger partial charge is 0.395 e. The molecule has 30 heavy (non-hydrogen) atoms. The summed E-state index contributed by atoms with van der Waals surface area (Å²) in [4.78, 5) is 17.8. The third kappa shape index (κ3) is 4.03. The van der Waals surface area contributed by atoms with Crippen molar-refractivity contribution in [3.05, 3.63) is 35.4 Å². The summed E-state index contributed by atoms with van der Waals surface area (Å²) in [6.45, 7) is 2.91. The minimum Gasteiger partial charge on any atom is -0.395 e. The van der Waals surface area contributed by atoms with E-state index in [1.807, 2.05) is 0 Å². The molecular formula is C26H34N2O2. The molecule has 4 fully saturated rings.